The average molecular weight is 472 g/mol. The fourth-order valence-electron chi connectivity index (χ4n) is 2.62. The first-order valence-corrected chi connectivity index (χ1v) is 10.2. The lowest BCUT2D eigenvalue weighted by atomic mass is 10.1. The maximum Gasteiger partial charge on any atom is 0.250 e. The fraction of sp³-hybridized carbons (Fsp3) is 0.136. The van der Waals surface area contributed by atoms with Crippen LogP contribution in [0.4, 0.5) is 4.39 Å². The van der Waals surface area contributed by atoms with E-state index in [0.29, 0.717) is 5.56 Å². The summed E-state index contributed by atoms with van der Waals surface area (Å²) < 4.78 is 26.3. The van der Waals surface area contributed by atoms with Crippen LogP contribution in [0, 0.1) is 17.1 Å². The highest BCUT2D eigenvalue weighted by Gasteiger charge is 2.18. The predicted molar refractivity (Wildman–Crippen MR) is 117 cm³/mol. The quantitative estimate of drug-likeness (QED) is 0.338. The number of benzene rings is 2. The van der Waals surface area contributed by atoms with Gasteiger partial charge in [-0.2, -0.15) is 5.26 Å². The van der Waals surface area contributed by atoms with Crippen molar-refractivity contribution < 1.29 is 13.5 Å². The van der Waals surface area contributed by atoms with Gasteiger partial charge < -0.3 is 9.15 Å². The Kier molecular flexibility index (Phi) is 7.71. The second kappa shape index (κ2) is 10.7. The van der Waals surface area contributed by atoms with Crippen molar-refractivity contribution >= 4 is 23.2 Å². The molecule has 0 radical (unpaired) electrons. The smallest absolute Gasteiger partial charge is 0.250 e. The lowest BCUT2D eigenvalue weighted by molar-refractivity contribution is 0.437. The van der Waals surface area contributed by atoms with Gasteiger partial charge in [-0.15, -0.1) is 10.2 Å². The van der Waals surface area contributed by atoms with Crippen LogP contribution in [0.2, 0.25) is 10.0 Å². The summed E-state index contributed by atoms with van der Waals surface area (Å²) in [6.07, 6.45) is 4.45. The number of ether oxygens (including phenoxy) is 1. The van der Waals surface area contributed by atoms with Gasteiger partial charge in [0.15, 0.2) is 11.6 Å². The lowest BCUT2D eigenvalue weighted by Gasteiger charge is -2.11. The first kappa shape index (κ1) is 23.1. The molecule has 7 nitrogen and oxygen atoms in total. The minimum Gasteiger partial charge on any atom is -0.453 e. The molecule has 10 heteroatoms. The van der Waals surface area contributed by atoms with Crippen molar-refractivity contribution in [2.24, 2.45) is 0 Å². The first-order chi connectivity index (χ1) is 15.5. The van der Waals surface area contributed by atoms with Crippen molar-refractivity contribution in [1.29, 1.82) is 5.26 Å². The summed E-state index contributed by atoms with van der Waals surface area (Å²) in [5, 5.41) is 17.3. The molecule has 4 aromatic rings. The summed E-state index contributed by atoms with van der Waals surface area (Å²) in [5.74, 6) is -0.295. The number of aromatic nitrogens is 4. The second-order valence-corrected chi connectivity index (χ2v) is 6.89. The third-order valence-corrected chi connectivity index (χ3v) is 4.48. The SMILES string of the molecule is CC.N#Cc1cc(Cl)cc(Oc2c(Cl)ccc(Cc3nnc(-c4cncnc4)o3)c2F)c1. The molecule has 0 saturated heterocycles. The third kappa shape index (κ3) is 5.38. The molecule has 4 rings (SSSR count). The van der Waals surface area contributed by atoms with E-state index < -0.39 is 5.82 Å². The molecule has 2 aromatic carbocycles. The monoisotopic (exact) mass is 471 g/mol. The molecule has 0 aliphatic rings. The van der Waals surface area contributed by atoms with E-state index >= 15 is 4.39 Å². The lowest BCUT2D eigenvalue weighted by Crippen LogP contribution is -1.98. The van der Waals surface area contributed by atoms with Gasteiger partial charge in [-0.05, 0) is 24.3 Å². The van der Waals surface area contributed by atoms with Crippen LogP contribution >= 0.6 is 23.2 Å². The second-order valence-electron chi connectivity index (χ2n) is 6.04. The molecule has 0 spiro atoms. The standard InChI is InChI=1S/C20H10Cl2FN5O2.C2H6/c21-14-3-11(7-24)4-15(6-14)29-19-16(22)2-1-12(18(19)23)5-17-27-28-20(30-17)13-8-25-10-26-9-13;1-2/h1-4,6,8-10H,5H2;1-2H3. The topological polar surface area (TPSA) is 97.7 Å². The number of nitrogens with zero attached hydrogens (tertiary/aromatic N) is 5. The highest BCUT2D eigenvalue weighted by Crippen LogP contribution is 2.36. The van der Waals surface area contributed by atoms with Gasteiger partial charge in [0.1, 0.15) is 12.1 Å². The molecule has 2 aromatic heterocycles. The van der Waals surface area contributed by atoms with E-state index in [0.717, 1.165) is 0 Å². The molecular weight excluding hydrogens is 456 g/mol. The summed E-state index contributed by atoms with van der Waals surface area (Å²) in [4.78, 5) is 7.78. The Balaban J connectivity index is 0.00000141. The first-order valence-electron chi connectivity index (χ1n) is 9.46. The molecule has 0 amide bonds. The van der Waals surface area contributed by atoms with Crippen molar-refractivity contribution in [2.75, 3.05) is 0 Å². The van der Waals surface area contributed by atoms with Gasteiger partial charge in [0.25, 0.3) is 5.89 Å². The van der Waals surface area contributed by atoms with Crippen LogP contribution in [0.5, 0.6) is 11.5 Å². The van der Waals surface area contributed by atoms with Crippen molar-refractivity contribution in [1.82, 2.24) is 20.2 Å². The summed E-state index contributed by atoms with van der Waals surface area (Å²) in [6.45, 7) is 4.00. The molecular formula is C22H16Cl2FN5O2. The molecule has 32 heavy (non-hydrogen) atoms. The van der Waals surface area contributed by atoms with Crippen molar-refractivity contribution in [3.63, 3.8) is 0 Å². The van der Waals surface area contributed by atoms with Crippen LogP contribution in [0.15, 0.2) is 53.5 Å². The van der Waals surface area contributed by atoms with Gasteiger partial charge in [-0.3, -0.25) is 0 Å². The van der Waals surface area contributed by atoms with E-state index in [1.54, 1.807) is 0 Å². The minimum absolute atomic E-state index is 0.0129. The number of halogens is 3. The van der Waals surface area contributed by atoms with E-state index in [1.807, 2.05) is 19.9 Å². The van der Waals surface area contributed by atoms with Crippen LogP contribution in [0.25, 0.3) is 11.5 Å². The molecule has 0 atom stereocenters. The van der Waals surface area contributed by atoms with Crippen molar-refractivity contribution in [2.45, 2.75) is 20.3 Å². The van der Waals surface area contributed by atoms with Gasteiger partial charge in [0, 0.05) is 23.0 Å². The van der Waals surface area contributed by atoms with E-state index in [-0.39, 0.29) is 50.9 Å². The van der Waals surface area contributed by atoms with Gasteiger partial charge in [-0.25, -0.2) is 14.4 Å². The van der Waals surface area contributed by atoms with E-state index in [4.69, 9.17) is 37.6 Å². The molecule has 0 unspecified atom stereocenters. The summed E-state index contributed by atoms with van der Waals surface area (Å²) in [5.41, 5.74) is 1.05. The molecule has 0 bridgehead atoms. The average Bonchev–Trinajstić information content (AvgIpc) is 3.29. The zero-order valence-electron chi connectivity index (χ0n) is 17.0. The van der Waals surface area contributed by atoms with Crippen molar-refractivity contribution in [3.8, 4) is 29.0 Å². The number of rotatable bonds is 5. The molecule has 162 valence electrons. The van der Waals surface area contributed by atoms with Crippen LogP contribution < -0.4 is 4.74 Å². The summed E-state index contributed by atoms with van der Waals surface area (Å²) in [7, 11) is 0. The Morgan fingerprint density at radius 2 is 1.84 bits per heavy atom. The van der Waals surface area contributed by atoms with Gasteiger partial charge in [0.05, 0.1) is 28.6 Å². The van der Waals surface area contributed by atoms with Crippen LogP contribution in [0.3, 0.4) is 0 Å². The Bertz CT molecular complexity index is 1260. The van der Waals surface area contributed by atoms with E-state index in [2.05, 4.69) is 20.2 Å². The minimum atomic E-state index is -0.691. The molecule has 0 fully saturated rings. The van der Waals surface area contributed by atoms with Crippen molar-refractivity contribution in [3.05, 3.63) is 81.9 Å². The number of nitriles is 1. The number of hydrogen-bond donors (Lipinski definition) is 0. The van der Waals surface area contributed by atoms with Crippen LogP contribution in [-0.2, 0) is 6.42 Å². The molecule has 0 saturated carbocycles. The highest BCUT2D eigenvalue weighted by molar-refractivity contribution is 6.32. The summed E-state index contributed by atoms with van der Waals surface area (Å²) >= 11 is 12.1. The van der Waals surface area contributed by atoms with Gasteiger partial charge in [0.2, 0.25) is 5.89 Å². The largest absolute Gasteiger partial charge is 0.453 e. The Labute approximate surface area is 193 Å². The Morgan fingerprint density at radius 1 is 1.09 bits per heavy atom. The maximum absolute atomic E-state index is 15.1. The summed E-state index contributed by atoms with van der Waals surface area (Å²) in [6, 6.07) is 9.30. The zero-order valence-corrected chi connectivity index (χ0v) is 18.5. The van der Waals surface area contributed by atoms with Gasteiger partial charge in [-0.1, -0.05) is 43.1 Å². The molecule has 0 N–H and O–H groups in total. The molecule has 0 aliphatic carbocycles. The van der Waals surface area contributed by atoms with Crippen LogP contribution in [-0.4, -0.2) is 20.2 Å². The third-order valence-electron chi connectivity index (χ3n) is 3.97. The number of hydrogen-bond acceptors (Lipinski definition) is 7. The fourth-order valence-corrected chi connectivity index (χ4v) is 3.03. The van der Waals surface area contributed by atoms with E-state index in [1.165, 1.54) is 49.1 Å². The zero-order chi connectivity index (χ0) is 23.1. The maximum atomic E-state index is 15.1. The van der Waals surface area contributed by atoms with Gasteiger partial charge >= 0.3 is 0 Å². The van der Waals surface area contributed by atoms with E-state index in [9.17, 15) is 0 Å². The normalized spacial score (nSPS) is 10.1. The Morgan fingerprint density at radius 3 is 2.56 bits per heavy atom. The molecule has 0 aliphatic heterocycles. The predicted octanol–water partition coefficient (Wildman–Crippen LogP) is 6.25. The molecule has 2 heterocycles. The van der Waals surface area contributed by atoms with Crippen LogP contribution in [0.1, 0.15) is 30.9 Å². The Hall–Kier alpha value is -3.54. The highest BCUT2D eigenvalue weighted by atomic mass is 35.5.